The quantitative estimate of drug-likeness (QED) is 0.176. The van der Waals surface area contributed by atoms with Gasteiger partial charge in [0.05, 0.1) is 44.5 Å². The molecule has 11 heteroatoms. The number of rotatable bonds is 10. The summed E-state index contributed by atoms with van der Waals surface area (Å²) in [7, 11) is 0. The highest BCUT2D eigenvalue weighted by Gasteiger charge is 2.72. The monoisotopic (exact) mass is 802 g/mol. The van der Waals surface area contributed by atoms with E-state index in [0.29, 0.717) is 31.6 Å². The Balaban J connectivity index is 1.36. The molecule has 0 spiro atoms. The van der Waals surface area contributed by atoms with E-state index < -0.39 is 34.2 Å². The van der Waals surface area contributed by atoms with Gasteiger partial charge in [-0.15, -0.1) is 0 Å². The molecule has 1 saturated heterocycles. The molecule has 0 aromatic carbocycles. The molecule has 0 unspecified atom stereocenters. The lowest BCUT2D eigenvalue weighted by molar-refractivity contribution is -0.253. The molecule has 4 fully saturated rings. The Labute approximate surface area is 346 Å². The first-order valence-electron chi connectivity index (χ1n) is 22.0. The van der Waals surface area contributed by atoms with Crippen LogP contribution in [0.2, 0.25) is 0 Å². The fourth-order valence-electron chi connectivity index (χ4n) is 13.2. The zero-order chi connectivity index (χ0) is 42.4. The lowest BCUT2D eigenvalue weighted by Gasteiger charge is -2.71. The van der Waals surface area contributed by atoms with Gasteiger partial charge < -0.3 is 25.1 Å². The van der Waals surface area contributed by atoms with Gasteiger partial charge in [-0.1, -0.05) is 80.9 Å². The molecule has 320 valence electrons. The molecule has 7 rings (SSSR count). The standard InChI is InChI=1S/C47H71N5O6/c1-13-57-40(55)33-22-30(17-21-49-33)38-50-27-51-52(38)34-23-47-26-56-24-43(9,37(34)58-25-46(12,48)41(5,6)7)35(47)15-14-31-32(47)16-18-45(11)36(39(53)54)42(8,29(4)28(2)3)19-20-44(31,45)10/h16-17,21-22,27-29,31,34-37H,13-15,18-20,23-26,48H2,1-12H3,(H,53,54)/t29-,31+,34-,35+,36-,37+,42-,43+,44-,45+,46+,47+/m1/s1. The third kappa shape index (κ3) is 6.24. The summed E-state index contributed by atoms with van der Waals surface area (Å²) in [4.78, 5) is 35.6. The Kier molecular flexibility index (Phi) is 10.7. The number of nitrogens with zero attached hydrogens (tertiary/aromatic N) is 4. The molecule has 0 radical (unpaired) electrons. The van der Waals surface area contributed by atoms with E-state index in [1.54, 1.807) is 25.5 Å². The first-order chi connectivity index (χ1) is 27.0. The third-order valence-electron chi connectivity index (χ3n) is 17.8. The summed E-state index contributed by atoms with van der Waals surface area (Å²) in [5, 5.41) is 16.2. The maximum atomic E-state index is 13.6. The van der Waals surface area contributed by atoms with E-state index in [1.807, 2.05) is 10.7 Å². The van der Waals surface area contributed by atoms with Gasteiger partial charge in [-0.2, -0.15) is 5.10 Å². The smallest absolute Gasteiger partial charge is 0.356 e. The van der Waals surface area contributed by atoms with Crippen LogP contribution in [0.15, 0.2) is 36.3 Å². The number of pyridine rings is 1. The van der Waals surface area contributed by atoms with Crippen molar-refractivity contribution in [2.45, 2.75) is 139 Å². The number of fused-ring (bicyclic) bond motifs is 3. The Morgan fingerprint density at radius 3 is 2.43 bits per heavy atom. The highest BCUT2D eigenvalue weighted by Crippen LogP contribution is 2.75. The molecule has 3 N–H and O–H groups in total. The topological polar surface area (TPSA) is 152 Å². The first-order valence-corrected chi connectivity index (χ1v) is 22.0. The molecule has 11 nitrogen and oxygen atoms in total. The van der Waals surface area contributed by atoms with Crippen LogP contribution in [0, 0.1) is 62.1 Å². The Hall–Kier alpha value is -3.15. The molecule has 1 aliphatic heterocycles. The largest absolute Gasteiger partial charge is 0.481 e. The van der Waals surface area contributed by atoms with Crippen LogP contribution in [-0.2, 0) is 19.0 Å². The number of carboxylic acid groups (broad SMARTS) is 1. The molecule has 3 saturated carbocycles. The van der Waals surface area contributed by atoms with E-state index in [1.165, 1.54) is 5.57 Å². The Morgan fingerprint density at radius 2 is 1.78 bits per heavy atom. The second-order valence-corrected chi connectivity index (χ2v) is 21.7. The number of esters is 1. The minimum Gasteiger partial charge on any atom is -0.481 e. The number of carbonyl (C=O) groups is 2. The lowest BCUT2D eigenvalue weighted by atomic mass is 9.34. The molecular formula is C47H71N5O6. The minimum absolute atomic E-state index is 0.209. The van der Waals surface area contributed by atoms with E-state index in [9.17, 15) is 14.7 Å². The van der Waals surface area contributed by atoms with Crippen molar-refractivity contribution >= 4 is 11.9 Å². The fraction of sp³-hybridized carbons (Fsp3) is 0.766. The van der Waals surface area contributed by atoms with Crippen molar-refractivity contribution < 1.29 is 28.9 Å². The summed E-state index contributed by atoms with van der Waals surface area (Å²) in [5.74, 6) is 0.209. The van der Waals surface area contributed by atoms with Gasteiger partial charge in [0.25, 0.3) is 0 Å². The molecular weight excluding hydrogens is 731 g/mol. The molecule has 58 heavy (non-hydrogen) atoms. The number of aliphatic carboxylic acids is 1. The summed E-state index contributed by atoms with van der Waals surface area (Å²) < 4.78 is 21.4. The number of hydrogen-bond acceptors (Lipinski definition) is 9. The number of carbonyl (C=O) groups excluding carboxylic acids is 1. The van der Waals surface area contributed by atoms with Crippen molar-refractivity contribution in [3.63, 3.8) is 0 Å². The Bertz CT molecular complexity index is 1930. The van der Waals surface area contributed by atoms with Crippen molar-refractivity contribution in [1.29, 1.82) is 0 Å². The zero-order valence-corrected chi connectivity index (χ0v) is 37.4. The van der Waals surface area contributed by atoms with Gasteiger partial charge in [0.1, 0.15) is 12.0 Å². The van der Waals surface area contributed by atoms with Crippen LogP contribution >= 0.6 is 0 Å². The van der Waals surface area contributed by atoms with E-state index in [2.05, 4.69) is 87.2 Å². The maximum Gasteiger partial charge on any atom is 0.356 e. The molecule has 5 aliphatic rings. The van der Waals surface area contributed by atoms with Gasteiger partial charge in [-0.25, -0.2) is 19.4 Å². The number of carboxylic acids is 1. The van der Waals surface area contributed by atoms with E-state index >= 15 is 0 Å². The number of aromatic nitrogens is 4. The van der Waals surface area contributed by atoms with Crippen molar-refractivity contribution in [3.05, 3.63) is 42.0 Å². The second-order valence-electron chi connectivity index (χ2n) is 21.7. The second kappa shape index (κ2) is 14.5. The molecule has 4 aliphatic carbocycles. The SMILES string of the molecule is CCOC(=O)c1cc(-c2ncnn2[C@@H]2C[C@@]34COC[C@@](C)([C@@H]3CC[C@H]3C4=CC[C@@]4(C)[C@H](C(=O)O)[C@@](C)([C@H](C)C(C)C)CC[C@]34C)[C@H]2OC[C@](C)(N)C(C)(C)C)ccn1. The van der Waals surface area contributed by atoms with E-state index in [0.717, 1.165) is 44.1 Å². The van der Waals surface area contributed by atoms with E-state index in [4.69, 9.17) is 30.0 Å². The molecule has 2 aromatic heterocycles. The number of allylic oxidation sites excluding steroid dienone is 1. The highest BCUT2D eigenvalue weighted by molar-refractivity contribution is 5.88. The minimum atomic E-state index is -0.651. The predicted octanol–water partition coefficient (Wildman–Crippen LogP) is 8.80. The van der Waals surface area contributed by atoms with E-state index in [-0.39, 0.29) is 63.9 Å². The average Bonchev–Trinajstić information content (AvgIpc) is 3.64. The molecule has 0 amide bonds. The number of hydrogen-bond donors (Lipinski definition) is 2. The van der Waals surface area contributed by atoms with Gasteiger partial charge in [0.15, 0.2) is 5.82 Å². The molecule has 2 bridgehead atoms. The fourth-order valence-corrected chi connectivity index (χ4v) is 13.2. The van der Waals surface area contributed by atoms with Crippen molar-refractivity contribution in [1.82, 2.24) is 19.7 Å². The third-order valence-corrected chi connectivity index (χ3v) is 17.8. The first kappa shape index (κ1) is 43.0. The highest BCUT2D eigenvalue weighted by atomic mass is 16.5. The molecule has 12 atom stereocenters. The summed E-state index contributed by atoms with van der Waals surface area (Å²) in [6, 6.07) is 3.35. The van der Waals surface area contributed by atoms with Crippen LogP contribution in [-0.4, -0.2) is 74.9 Å². The Morgan fingerprint density at radius 1 is 1.05 bits per heavy atom. The van der Waals surface area contributed by atoms with Crippen LogP contribution in [0.5, 0.6) is 0 Å². The molecule has 2 aromatic rings. The van der Waals surface area contributed by atoms with Crippen molar-refractivity contribution in [3.8, 4) is 11.4 Å². The zero-order valence-electron chi connectivity index (χ0n) is 37.4. The summed E-state index contributed by atoms with van der Waals surface area (Å²) in [5.41, 5.74) is 6.95. The number of nitrogens with two attached hydrogens (primary N) is 1. The van der Waals surface area contributed by atoms with Gasteiger partial charge in [0, 0.05) is 28.1 Å². The van der Waals surface area contributed by atoms with Gasteiger partial charge in [-0.3, -0.25) is 4.79 Å². The normalized spacial score (nSPS) is 38.7. The summed E-state index contributed by atoms with van der Waals surface area (Å²) >= 11 is 0. The van der Waals surface area contributed by atoms with Gasteiger partial charge in [0.2, 0.25) is 0 Å². The maximum absolute atomic E-state index is 13.6. The van der Waals surface area contributed by atoms with Crippen LogP contribution in [0.3, 0.4) is 0 Å². The lowest BCUT2D eigenvalue weighted by Crippen LogP contribution is -2.69. The predicted molar refractivity (Wildman–Crippen MR) is 224 cm³/mol. The van der Waals surface area contributed by atoms with Crippen molar-refractivity contribution in [2.24, 2.45) is 67.8 Å². The summed E-state index contributed by atoms with van der Waals surface area (Å²) in [6.45, 7) is 28.2. The van der Waals surface area contributed by atoms with Crippen molar-refractivity contribution in [2.75, 3.05) is 26.4 Å². The van der Waals surface area contributed by atoms with Gasteiger partial charge >= 0.3 is 11.9 Å². The van der Waals surface area contributed by atoms with Gasteiger partial charge in [-0.05, 0) is 110 Å². The van der Waals surface area contributed by atoms with Crippen LogP contribution in [0.4, 0.5) is 0 Å². The van der Waals surface area contributed by atoms with Crippen LogP contribution in [0.1, 0.15) is 138 Å². The van der Waals surface area contributed by atoms with Crippen LogP contribution < -0.4 is 5.73 Å². The molecule has 3 heterocycles. The van der Waals surface area contributed by atoms with Crippen LogP contribution in [0.25, 0.3) is 11.4 Å². The summed E-state index contributed by atoms with van der Waals surface area (Å²) in [6.07, 6.45) is 10.8. The average molecular weight is 802 g/mol. The number of ether oxygens (including phenoxy) is 3.